The zero-order valence-electron chi connectivity index (χ0n) is 13.4. The molecule has 0 aromatic carbocycles. The largest absolute Gasteiger partial charge is 0.469 e. The van der Waals surface area contributed by atoms with Crippen molar-refractivity contribution in [2.24, 2.45) is 0 Å². The van der Waals surface area contributed by atoms with Crippen LogP contribution in [-0.4, -0.2) is 25.3 Å². The molecule has 118 valence electrons. The summed E-state index contributed by atoms with van der Waals surface area (Å²) in [5, 5.41) is 0. The Hall–Kier alpha value is -0.570. The molecule has 1 heterocycles. The van der Waals surface area contributed by atoms with E-state index >= 15 is 0 Å². The molecular weight excluding hydrogens is 252 g/mol. The van der Waals surface area contributed by atoms with E-state index in [-0.39, 0.29) is 5.97 Å². The topological polar surface area (TPSA) is 38.8 Å². The fraction of sp³-hybridized carbons (Fsp3) is 0.941. The Morgan fingerprint density at radius 2 is 1.45 bits per heavy atom. The number of carbonyl (C=O) groups is 1. The second kappa shape index (κ2) is 11.1. The average molecular weight is 284 g/mol. The number of epoxide rings is 1. The number of esters is 1. The predicted molar refractivity (Wildman–Crippen MR) is 81.8 cm³/mol. The van der Waals surface area contributed by atoms with E-state index in [0.29, 0.717) is 18.6 Å². The molecule has 3 heteroatoms. The van der Waals surface area contributed by atoms with Crippen molar-refractivity contribution in [1.29, 1.82) is 0 Å². The zero-order chi connectivity index (χ0) is 14.6. The number of unbranched alkanes of at least 4 members (excludes halogenated alkanes) is 7. The van der Waals surface area contributed by atoms with Gasteiger partial charge in [0.05, 0.1) is 19.3 Å². The van der Waals surface area contributed by atoms with Gasteiger partial charge in [-0.15, -0.1) is 0 Å². The molecule has 0 amide bonds. The Bertz CT molecular complexity index is 253. The number of ether oxygens (including phenoxy) is 2. The van der Waals surface area contributed by atoms with Crippen molar-refractivity contribution in [2.45, 2.75) is 96.2 Å². The summed E-state index contributed by atoms with van der Waals surface area (Å²) in [6.07, 6.45) is 15.4. The third kappa shape index (κ3) is 8.57. The molecule has 2 atom stereocenters. The molecule has 0 aliphatic carbocycles. The van der Waals surface area contributed by atoms with Gasteiger partial charge in [0, 0.05) is 6.42 Å². The van der Waals surface area contributed by atoms with Crippen LogP contribution < -0.4 is 0 Å². The monoisotopic (exact) mass is 284 g/mol. The van der Waals surface area contributed by atoms with Crippen LogP contribution in [0, 0.1) is 0 Å². The van der Waals surface area contributed by atoms with E-state index in [0.717, 1.165) is 12.8 Å². The van der Waals surface area contributed by atoms with Gasteiger partial charge in [0.1, 0.15) is 0 Å². The van der Waals surface area contributed by atoms with E-state index in [2.05, 4.69) is 11.7 Å². The molecular formula is C17H32O3. The summed E-state index contributed by atoms with van der Waals surface area (Å²) in [5.74, 6) is -0.0846. The van der Waals surface area contributed by atoms with E-state index < -0.39 is 0 Å². The number of hydrogen-bond acceptors (Lipinski definition) is 3. The van der Waals surface area contributed by atoms with Crippen molar-refractivity contribution in [2.75, 3.05) is 7.11 Å². The summed E-state index contributed by atoms with van der Waals surface area (Å²) in [4.78, 5) is 10.9. The smallest absolute Gasteiger partial charge is 0.305 e. The Balaban J connectivity index is 1.80. The second-order valence-corrected chi connectivity index (χ2v) is 5.94. The average Bonchev–Trinajstić information content (AvgIpc) is 3.20. The molecule has 0 radical (unpaired) electrons. The van der Waals surface area contributed by atoms with Gasteiger partial charge in [-0.25, -0.2) is 0 Å². The van der Waals surface area contributed by atoms with Crippen LogP contribution in [0.1, 0.15) is 84.0 Å². The van der Waals surface area contributed by atoms with E-state index in [9.17, 15) is 4.79 Å². The van der Waals surface area contributed by atoms with Crippen LogP contribution in [0.2, 0.25) is 0 Å². The summed E-state index contributed by atoms with van der Waals surface area (Å²) < 4.78 is 10.3. The van der Waals surface area contributed by atoms with E-state index in [4.69, 9.17) is 4.74 Å². The van der Waals surface area contributed by atoms with Crippen LogP contribution >= 0.6 is 0 Å². The van der Waals surface area contributed by atoms with Gasteiger partial charge in [-0.3, -0.25) is 4.79 Å². The standard InChI is InChI=1S/C17H32O3/c1-3-4-5-6-9-12-15-16(20-15)13-10-7-8-11-14-17(18)19-2/h15-16H,3-14H2,1-2H3. The maximum Gasteiger partial charge on any atom is 0.305 e. The Morgan fingerprint density at radius 1 is 0.900 bits per heavy atom. The molecule has 2 unspecified atom stereocenters. The molecule has 1 fully saturated rings. The van der Waals surface area contributed by atoms with Crippen LogP contribution in [0.15, 0.2) is 0 Å². The van der Waals surface area contributed by atoms with Crippen molar-refractivity contribution in [3.63, 3.8) is 0 Å². The normalized spacial score (nSPS) is 20.9. The molecule has 1 aliphatic heterocycles. The molecule has 1 rings (SSSR count). The molecule has 0 bridgehead atoms. The number of carbonyl (C=O) groups excluding carboxylic acids is 1. The van der Waals surface area contributed by atoms with Gasteiger partial charge in [-0.1, -0.05) is 58.3 Å². The highest BCUT2D eigenvalue weighted by Gasteiger charge is 2.36. The third-order valence-electron chi connectivity index (χ3n) is 4.13. The molecule has 1 aliphatic rings. The van der Waals surface area contributed by atoms with E-state index in [1.165, 1.54) is 64.9 Å². The van der Waals surface area contributed by atoms with Crippen LogP contribution in [0.5, 0.6) is 0 Å². The van der Waals surface area contributed by atoms with Crippen LogP contribution in [0.4, 0.5) is 0 Å². The van der Waals surface area contributed by atoms with Crippen molar-refractivity contribution >= 4 is 5.97 Å². The number of hydrogen-bond donors (Lipinski definition) is 0. The van der Waals surface area contributed by atoms with Crippen LogP contribution in [0.25, 0.3) is 0 Å². The highest BCUT2D eigenvalue weighted by Crippen LogP contribution is 2.31. The fourth-order valence-electron chi connectivity index (χ4n) is 2.71. The minimum Gasteiger partial charge on any atom is -0.469 e. The number of methoxy groups -OCH3 is 1. The van der Waals surface area contributed by atoms with Gasteiger partial charge in [-0.05, 0) is 19.3 Å². The van der Waals surface area contributed by atoms with E-state index in [1.54, 1.807) is 0 Å². The SMILES string of the molecule is CCCCCCCC1OC1CCCCCCC(=O)OC. The number of rotatable bonds is 13. The van der Waals surface area contributed by atoms with Crippen LogP contribution in [-0.2, 0) is 14.3 Å². The van der Waals surface area contributed by atoms with Gasteiger partial charge < -0.3 is 9.47 Å². The van der Waals surface area contributed by atoms with Crippen molar-refractivity contribution in [1.82, 2.24) is 0 Å². The Labute approximate surface area is 124 Å². The molecule has 0 saturated carbocycles. The zero-order valence-corrected chi connectivity index (χ0v) is 13.4. The van der Waals surface area contributed by atoms with Gasteiger partial charge in [0.15, 0.2) is 0 Å². The summed E-state index contributed by atoms with van der Waals surface area (Å²) >= 11 is 0. The lowest BCUT2D eigenvalue weighted by Gasteiger charge is -2.00. The highest BCUT2D eigenvalue weighted by molar-refractivity contribution is 5.68. The summed E-state index contributed by atoms with van der Waals surface area (Å²) in [6, 6.07) is 0. The van der Waals surface area contributed by atoms with Crippen molar-refractivity contribution < 1.29 is 14.3 Å². The lowest BCUT2D eigenvalue weighted by atomic mass is 10.0. The maximum absolute atomic E-state index is 10.9. The first-order valence-corrected chi connectivity index (χ1v) is 8.50. The summed E-state index contributed by atoms with van der Waals surface area (Å²) in [5.41, 5.74) is 0. The minimum atomic E-state index is -0.0846. The van der Waals surface area contributed by atoms with Gasteiger partial charge in [0.25, 0.3) is 0 Å². The molecule has 20 heavy (non-hydrogen) atoms. The molecule has 1 saturated heterocycles. The summed E-state index contributed by atoms with van der Waals surface area (Å²) in [7, 11) is 1.45. The van der Waals surface area contributed by atoms with Crippen molar-refractivity contribution in [3.05, 3.63) is 0 Å². The van der Waals surface area contributed by atoms with Gasteiger partial charge in [0.2, 0.25) is 0 Å². The summed E-state index contributed by atoms with van der Waals surface area (Å²) in [6.45, 7) is 2.26. The van der Waals surface area contributed by atoms with Gasteiger partial charge in [-0.2, -0.15) is 0 Å². The second-order valence-electron chi connectivity index (χ2n) is 5.94. The quantitative estimate of drug-likeness (QED) is 0.281. The fourth-order valence-corrected chi connectivity index (χ4v) is 2.71. The highest BCUT2D eigenvalue weighted by atomic mass is 16.6. The molecule has 3 nitrogen and oxygen atoms in total. The van der Waals surface area contributed by atoms with Crippen LogP contribution in [0.3, 0.4) is 0 Å². The van der Waals surface area contributed by atoms with E-state index in [1.807, 2.05) is 0 Å². The molecule has 0 spiro atoms. The lowest BCUT2D eigenvalue weighted by Crippen LogP contribution is -1.99. The maximum atomic E-state index is 10.9. The molecule has 0 aromatic heterocycles. The first kappa shape index (κ1) is 17.5. The Morgan fingerprint density at radius 3 is 2.00 bits per heavy atom. The molecule has 0 N–H and O–H groups in total. The molecule has 0 aromatic rings. The van der Waals surface area contributed by atoms with Crippen molar-refractivity contribution in [3.8, 4) is 0 Å². The minimum absolute atomic E-state index is 0.0846. The first-order chi connectivity index (χ1) is 9.77. The Kier molecular flexibility index (Phi) is 9.73. The first-order valence-electron chi connectivity index (χ1n) is 8.50. The predicted octanol–water partition coefficient (Wildman–Crippen LogP) is 4.63. The lowest BCUT2D eigenvalue weighted by molar-refractivity contribution is -0.140. The van der Waals surface area contributed by atoms with Gasteiger partial charge >= 0.3 is 5.97 Å². The third-order valence-corrected chi connectivity index (χ3v) is 4.13.